The largest absolute Gasteiger partial charge is 0.502 e. The van der Waals surface area contributed by atoms with E-state index in [-0.39, 0.29) is 16.3 Å². The van der Waals surface area contributed by atoms with Gasteiger partial charge < -0.3 is 10.0 Å². The predicted octanol–water partition coefficient (Wildman–Crippen LogP) is 5.28. The first-order valence-electron chi connectivity index (χ1n) is 10.1. The van der Waals surface area contributed by atoms with E-state index >= 15 is 0 Å². The van der Waals surface area contributed by atoms with Crippen molar-refractivity contribution in [1.82, 2.24) is 4.90 Å². The molecule has 1 atom stereocenters. The molecule has 0 radical (unpaired) electrons. The molecule has 0 fully saturated rings. The van der Waals surface area contributed by atoms with Gasteiger partial charge in [-0.1, -0.05) is 77.3 Å². The lowest BCUT2D eigenvalue weighted by atomic mass is 10.0. The maximum absolute atomic E-state index is 13.6. The highest BCUT2D eigenvalue weighted by atomic mass is 35.5. The van der Waals surface area contributed by atoms with E-state index in [1.54, 1.807) is 48.5 Å². The second-order valence-electron chi connectivity index (χ2n) is 7.87. The number of aliphatic hydroxyl groups excluding tert-OH is 1. The molecule has 1 aliphatic heterocycles. The molecule has 164 valence electrons. The number of sulfone groups is 1. The smallest absolute Gasteiger partial charge is 0.290 e. The van der Waals surface area contributed by atoms with E-state index in [0.717, 1.165) is 11.1 Å². The molecule has 0 aromatic heterocycles. The van der Waals surface area contributed by atoms with Crippen molar-refractivity contribution in [2.75, 3.05) is 0 Å². The summed E-state index contributed by atoms with van der Waals surface area (Å²) in [6.45, 7) is 3.82. The number of amides is 1. The molecule has 1 amide bonds. The lowest BCUT2D eigenvalue weighted by Crippen LogP contribution is -2.30. The molecule has 0 saturated heterocycles. The topological polar surface area (TPSA) is 74.7 Å². The Labute approximate surface area is 192 Å². The lowest BCUT2D eigenvalue weighted by Gasteiger charge is -2.27. The van der Waals surface area contributed by atoms with Crippen molar-refractivity contribution in [2.24, 2.45) is 0 Å². The summed E-state index contributed by atoms with van der Waals surface area (Å²) in [4.78, 5) is 14.2. The second kappa shape index (κ2) is 8.45. The molecule has 4 rings (SSSR count). The van der Waals surface area contributed by atoms with Gasteiger partial charge in [-0.15, -0.1) is 0 Å². The highest BCUT2D eigenvalue weighted by Crippen LogP contribution is 2.43. The SMILES string of the molecule is Cc1ccc([C@@H]2C(S(=O)(=O)c3ccc(C)cc3)=C(O)C(=O)N2Cc2ccccc2Cl)cc1. The van der Waals surface area contributed by atoms with Gasteiger partial charge in [-0.05, 0) is 43.2 Å². The van der Waals surface area contributed by atoms with Crippen molar-refractivity contribution in [3.05, 3.63) is 111 Å². The first kappa shape index (κ1) is 22.1. The number of rotatable bonds is 5. The predicted molar refractivity (Wildman–Crippen MR) is 124 cm³/mol. The van der Waals surface area contributed by atoms with Crippen LogP contribution in [0.1, 0.15) is 28.3 Å². The normalized spacial score (nSPS) is 16.7. The van der Waals surface area contributed by atoms with Crippen LogP contribution in [-0.4, -0.2) is 24.3 Å². The molecule has 3 aromatic carbocycles. The number of hydrogen-bond donors (Lipinski definition) is 1. The van der Waals surface area contributed by atoms with Crippen molar-refractivity contribution >= 4 is 27.3 Å². The average Bonchev–Trinajstić information content (AvgIpc) is 3.02. The van der Waals surface area contributed by atoms with Gasteiger partial charge in [0.2, 0.25) is 9.84 Å². The minimum absolute atomic E-state index is 0.0224. The fourth-order valence-corrected chi connectivity index (χ4v) is 5.64. The van der Waals surface area contributed by atoms with Crippen LogP contribution in [-0.2, 0) is 21.2 Å². The molecular formula is C25H22ClNO4S. The molecule has 1 N–H and O–H groups in total. The van der Waals surface area contributed by atoms with Gasteiger partial charge in [0, 0.05) is 11.6 Å². The van der Waals surface area contributed by atoms with E-state index in [0.29, 0.717) is 16.1 Å². The Bertz CT molecular complexity index is 1310. The maximum atomic E-state index is 13.6. The molecule has 3 aromatic rings. The van der Waals surface area contributed by atoms with E-state index in [9.17, 15) is 18.3 Å². The maximum Gasteiger partial charge on any atom is 0.290 e. The zero-order chi connectivity index (χ0) is 23.0. The Balaban J connectivity index is 1.87. The molecule has 0 spiro atoms. The van der Waals surface area contributed by atoms with Crippen LogP contribution < -0.4 is 0 Å². The minimum atomic E-state index is -4.15. The van der Waals surface area contributed by atoms with Gasteiger partial charge in [0.05, 0.1) is 10.9 Å². The number of carbonyl (C=O) groups excluding carboxylic acids is 1. The summed E-state index contributed by atoms with van der Waals surface area (Å²) in [6, 6.07) is 19.6. The Hall–Kier alpha value is -3.09. The van der Waals surface area contributed by atoms with Crippen molar-refractivity contribution in [1.29, 1.82) is 0 Å². The van der Waals surface area contributed by atoms with Crippen molar-refractivity contribution in [2.45, 2.75) is 31.3 Å². The quantitative estimate of drug-likeness (QED) is 0.553. The van der Waals surface area contributed by atoms with Crippen LogP contribution in [0.15, 0.2) is 88.4 Å². The Kier molecular flexibility index (Phi) is 5.84. The number of aliphatic hydroxyl groups is 1. The molecular weight excluding hydrogens is 446 g/mol. The average molecular weight is 468 g/mol. The molecule has 5 nitrogen and oxygen atoms in total. The molecule has 0 saturated carbocycles. The number of halogens is 1. The first-order valence-corrected chi connectivity index (χ1v) is 11.9. The van der Waals surface area contributed by atoms with Crippen LogP contribution in [0, 0.1) is 13.8 Å². The molecule has 32 heavy (non-hydrogen) atoms. The van der Waals surface area contributed by atoms with Gasteiger partial charge in [0.1, 0.15) is 4.91 Å². The number of nitrogens with zero attached hydrogens (tertiary/aromatic N) is 1. The highest BCUT2D eigenvalue weighted by Gasteiger charge is 2.46. The van der Waals surface area contributed by atoms with Gasteiger partial charge in [0.15, 0.2) is 5.76 Å². The summed E-state index contributed by atoms with van der Waals surface area (Å²) < 4.78 is 27.2. The summed E-state index contributed by atoms with van der Waals surface area (Å²) in [7, 11) is -4.15. The lowest BCUT2D eigenvalue weighted by molar-refractivity contribution is -0.130. The fraction of sp³-hybridized carbons (Fsp3) is 0.160. The van der Waals surface area contributed by atoms with Gasteiger partial charge in [0.25, 0.3) is 5.91 Å². The van der Waals surface area contributed by atoms with Crippen LogP contribution in [0.2, 0.25) is 5.02 Å². The summed E-state index contributed by atoms with van der Waals surface area (Å²) in [5, 5.41) is 11.2. The molecule has 0 bridgehead atoms. The van der Waals surface area contributed by atoms with Gasteiger partial charge >= 0.3 is 0 Å². The van der Waals surface area contributed by atoms with Gasteiger partial charge in [-0.2, -0.15) is 0 Å². The van der Waals surface area contributed by atoms with Crippen molar-refractivity contribution in [3.8, 4) is 0 Å². The summed E-state index contributed by atoms with van der Waals surface area (Å²) in [5.74, 6) is -1.51. The van der Waals surface area contributed by atoms with E-state index in [1.165, 1.54) is 17.0 Å². The number of benzene rings is 3. The van der Waals surface area contributed by atoms with Crippen LogP contribution in [0.3, 0.4) is 0 Å². The van der Waals surface area contributed by atoms with E-state index < -0.39 is 27.5 Å². The zero-order valence-corrected chi connectivity index (χ0v) is 19.2. The summed E-state index contributed by atoms with van der Waals surface area (Å²) >= 11 is 6.31. The Morgan fingerprint density at radius 2 is 1.47 bits per heavy atom. The number of hydrogen-bond acceptors (Lipinski definition) is 4. The van der Waals surface area contributed by atoms with Crippen LogP contribution in [0.5, 0.6) is 0 Å². The Morgan fingerprint density at radius 1 is 0.906 bits per heavy atom. The molecule has 0 unspecified atom stereocenters. The standard InChI is InChI=1S/C25H22ClNO4S/c1-16-7-11-18(12-8-16)22-24(32(30,31)20-13-9-17(2)10-14-20)23(28)25(29)27(22)15-19-5-3-4-6-21(19)26/h3-14,22,28H,15H2,1-2H3/t22-/m1/s1. The third-order valence-corrected chi connectivity index (χ3v) is 7.83. The van der Waals surface area contributed by atoms with E-state index in [1.807, 2.05) is 26.0 Å². The summed E-state index contributed by atoms with van der Waals surface area (Å²) in [6.07, 6.45) is 0. The minimum Gasteiger partial charge on any atom is -0.502 e. The summed E-state index contributed by atoms with van der Waals surface area (Å²) in [5.41, 5.74) is 3.14. The highest BCUT2D eigenvalue weighted by molar-refractivity contribution is 7.95. The molecule has 7 heteroatoms. The van der Waals surface area contributed by atoms with E-state index in [4.69, 9.17) is 11.6 Å². The van der Waals surface area contributed by atoms with E-state index in [2.05, 4.69) is 0 Å². The van der Waals surface area contributed by atoms with Gasteiger partial charge in [-0.3, -0.25) is 4.79 Å². The zero-order valence-electron chi connectivity index (χ0n) is 17.6. The van der Waals surface area contributed by atoms with Crippen LogP contribution >= 0.6 is 11.6 Å². The molecule has 1 heterocycles. The number of aryl methyl sites for hydroxylation is 2. The monoisotopic (exact) mass is 467 g/mol. The molecule has 1 aliphatic rings. The number of carbonyl (C=O) groups is 1. The third-order valence-electron chi connectivity index (χ3n) is 5.57. The fourth-order valence-electron chi connectivity index (χ4n) is 3.80. The first-order chi connectivity index (χ1) is 15.2. The van der Waals surface area contributed by atoms with Gasteiger partial charge in [-0.25, -0.2) is 8.42 Å². The molecule has 0 aliphatic carbocycles. The second-order valence-corrected chi connectivity index (χ2v) is 10.2. The van der Waals surface area contributed by atoms with Crippen molar-refractivity contribution in [3.63, 3.8) is 0 Å². The van der Waals surface area contributed by atoms with Crippen LogP contribution in [0.25, 0.3) is 0 Å². The Morgan fingerprint density at radius 3 is 2.06 bits per heavy atom. The van der Waals surface area contributed by atoms with Crippen LogP contribution in [0.4, 0.5) is 0 Å². The third kappa shape index (κ3) is 3.92. The van der Waals surface area contributed by atoms with Crippen molar-refractivity contribution < 1.29 is 18.3 Å².